The van der Waals surface area contributed by atoms with Crippen molar-refractivity contribution in [2.24, 2.45) is 0 Å². The molecule has 30 heavy (non-hydrogen) atoms. The normalized spacial score (nSPS) is 15.5. The highest BCUT2D eigenvalue weighted by molar-refractivity contribution is 5.93. The second-order valence-corrected chi connectivity index (χ2v) is 7.99. The Labute approximate surface area is 178 Å². The van der Waals surface area contributed by atoms with Gasteiger partial charge in [-0.2, -0.15) is 0 Å². The number of anilines is 1. The quantitative estimate of drug-likeness (QED) is 0.796. The first kappa shape index (κ1) is 21.8. The molecule has 0 saturated carbocycles. The van der Waals surface area contributed by atoms with E-state index < -0.39 is 6.10 Å². The Morgan fingerprint density at radius 3 is 2.17 bits per heavy atom. The van der Waals surface area contributed by atoms with E-state index in [1.807, 2.05) is 68.1 Å². The van der Waals surface area contributed by atoms with Gasteiger partial charge < -0.3 is 15.0 Å². The lowest BCUT2D eigenvalue weighted by Crippen LogP contribution is -2.53. The average Bonchev–Trinajstić information content (AvgIpc) is 2.72. The molecule has 1 saturated heterocycles. The molecule has 1 atom stereocenters. The summed E-state index contributed by atoms with van der Waals surface area (Å²) in [5.41, 5.74) is 4.15. The van der Waals surface area contributed by atoms with Crippen LogP contribution >= 0.6 is 0 Å². The van der Waals surface area contributed by atoms with Gasteiger partial charge >= 0.3 is 0 Å². The number of piperazine rings is 1. The molecule has 2 aromatic carbocycles. The van der Waals surface area contributed by atoms with Gasteiger partial charge in [0.25, 0.3) is 5.91 Å². The third kappa shape index (κ3) is 5.60. The smallest absolute Gasteiger partial charge is 0.263 e. The summed E-state index contributed by atoms with van der Waals surface area (Å²) < 4.78 is 5.80. The van der Waals surface area contributed by atoms with Gasteiger partial charge in [-0.15, -0.1) is 0 Å². The van der Waals surface area contributed by atoms with E-state index in [0.29, 0.717) is 38.5 Å². The first-order valence-corrected chi connectivity index (χ1v) is 10.4. The number of aryl methyl sites for hydroxylation is 3. The van der Waals surface area contributed by atoms with Crippen molar-refractivity contribution in [1.29, 1.82) is 0 Å². The molecule has 1 aliphatic rings. The molecular formula is C24H31N3O3. The Bertz CT molecular complexity index is 867. The van der Waals surface area contributed by atoms with Gasteiger partial charge in [-0.25, -0.2) is 0 Å². The van der Waals surface area contributed by atoms with E-state index in [0.717, 1.165) is 22.4 Å². The number of hydrogen-bond acceptors (Lipinski definition) is 4. The number of para-hydroxylation sites is 1. The lowest BCUT2D eigenvalue weighted by atomic mass is 10.1. The van der Waals surface area contributed by atoms with E-state index in [2.05, 4.69) is 10.2 Å². The summed E-state index contributed by atoms with van der Waals surface area (Å²) in [6.45, 7) is 10.6. The zero-order valence-electron chi connectivity index (χ0n) is 18.3. The molecule has 1 unspecified atom stereocenters. The van der Waals surface area contributed by atoms with E-state index in [4.69, 9.17) is 4.74 Å². The fourth-order valence-electron chi connectivity index (χ4n) is 3.65. The van der Waals surface area contributed by atoms with Gasteiger partial charge in [-0.3, -0.25) is 14.5 Å². The van der Waals surface area contributed by atoms with Crippen molar-refractivity contribution in [2.75, 3.05) is 38.0 Å². The van der Waals surface area contributed by atoms with Crippen LogP contribution in [0.1, 0.15) is 23.6 Å². The Kier molecular flexibility index (Phi) is 7.11. The van der Waals surface area contributed by atoms with Gasteiger partial charge in [0.05, 0.1) is 6.54 Å². The lowest BCUT2D eigenvalue weighted by Gasteiger charge is -2.35. The number of carbonyl (C=O) groups excluding carboxylic acids is 2. The molecule has 0 radical (unpaired) electrons. The zero-order valence-corrected chi connectivity index (χ0v) is 18.3. The second-order valence-electron chi connectivity index (χ2n) is 7.99. The molecule has 2 aromatic rings. The number of hydrogen-bond donors (Lipinski definition) is 1. The van der Waals surface area contributed by atoms with Crippen molar-refractivity contribution >= 4 is 17.5 Å². The molecule has 0 aromatic heterocycles. The van der Waals surface area contributed by atoms with Crippen molar-refractivity contribution in [3.8, 4) is 5.75 Å². The molecule has 1 aliphatic heterocycles. The van der Waals surface area contributed by atoms with Crippen molar-refractivity contribution in [3.63, 3.8) is 0 Å². The fraction of sp³-hybridized carbons (Fsp3) is 0.417. The second kappa shape index (κ2) is 9.76. The molecule has 0 aliphatic carbocycles. The van der Waals surface area contributed by atoms with Gasteiger partial charge in [0.2, 0.25) is 5.91 Å². The number of benzene rings is 2. The van der Waals surface area contributed by atoms with Crippen LogP contribution in [0.15, 0.2) is 42.5 Å². The molecule has 2 amide bonds. The molecule has 1 heterocycles. The summed E-state index contributed by atoms with van der Waals surface area (Å²) in [4.78, 5) is 29.1. The SMILES string of the molecule is Cc1ccc(OC(C)C(=O)N2CCN(CC(=O)Nc3c(C)cccc3C)CC2)cc1. The van der Waals surface area contributed by atoms with Crippen LogP contribution in [0.25, 0.3) is 0 Å². The first-order chi connectivity index (χ1) is 14.3. The summed E-state index contributed by atoms with van der Waals surface area (Å²) in [5, 5.41) is 3.03. The summed E-state index contributed by atoms with van der Waals surface area (Å²) in [5.74, 6) is 0.654. The standard InChI is InChI=1S/C24H31N3O3/c1-17-8-10-21(11-9-17)30-20(4)24(29)27-14-12-26(13-15-27)16-22(28)25-23-18(2)6-5-7-19(23)3/h5-11,20H,12-16H2,1-4H3,(H,25,28). The Morgan fingerprint density at radius 2 is 1.57 bits per heavy atom. The van der Waals surface area contributed by atoms with Crippen LogP contribution in [-0.2, 0) is 9.59 Å². The van der Waals surface area contributed by atoms with Gasteiger partial charge in [-0.1, -0.05) is 35.9 Å². The lowest BCUT2D eigenvalue weighted by molar-refractivity contribution is -0.139. The van der Waals surface area contributed by atoms with E-state index >= 15 is 0 Å². The van der Waals surface area contributed by atoms with Crippen LogP contribution < -0.4 is 10.1 Å². The monoisotopic (exact) mass is 409 g/mol. The molecular weight excluding hydrogens is 378 g/mol. The summed E-state index contributed by atoms with van der Waals surface area (Å²) in [6, 6.07) is 13.7. The molecule has 3 rings (SSSR count). The van der Waals surface area contributed by atoms with E-state index in [1.165, 1.54) is 0 Å². The maximum absolute atomic E-state index is 12.7. The molecule has 0 spiro atoms. The highest BCUT2D eigenvalue weighted by Gasteiger charge is 2.27. The predicted octanol–water partition coefficient (Wildman–Crippen LogP) is 3.16. The molecule has 1 fully saturated rings. The number of amides is 2. The van der Waals surface area contributed by atoms with E-state index in [1.54, 1.807) is 6.92 Å². The van der Waals surface area contributed by atoms with Gasteiger partial charge in [0, 0.05) is 31.9 Å². The average molecular weight is 410 g/mol. The Balaban J connectivity index is 1.46. The number of rotatable bonds is 6. The van der Waals surface area contributed by atoms with Crippen molar-refractivity contribution < 1.29 is 14.3 Å². The highest BCUT2D eigenvalue weighted by Crippen LogP contribution is 2.19. The maximum Gasteiger partial charge on any atom is 0.263 e. The minimum atomic E-state index is -0.536. The van der Waals surface area contributed by atoms with Crippen LogP contribution in [0, 0.1) is 20.8 Å². The van der Waals surface area contributed by atoms with Crippen molar-refractivity contribution in [2.45, 2.75) is 33.8 Å². The van der Waals surface area contributed by atoms with Gasteiger partial charge in [0.15, 0.2) is 6.10 Å². The van der Waals surface area contributed by atoms with E-state index in [9.17, 15) is 9.59 Å². The van der Waals surface area contributed by atoms with Crippen LogP contribution in [0.4, 0.5) is 5.69 Å². The molecule has 0 bridgehead atoms. The summed E-state index contributed by atoms with van der Waals surface area (Å²) >= 11 is 0. The maximum atomic E-state index is 12.7. The van der Waals surface area contributed by atoms with Crippen LogP contribution in [0.2, 0.25) is 0 Å². The topological polar surface area (TPSA) is 61.9 Å². The summed E-state index contributed by atoms with van der Waals surface area (Å²) in [6.07, 6.45) is -0.536. The first-order valence-electron chi connectivity index (χ1n) is 10.4. The third-order valence-electron chi connectivity index (χ3n) is 5.48. The zero-order chi connectivity index (χ0) is 21.7. The Hall–Kier alpha value is -2.86. The highest BCUT2D eigenvalue weighted by atomic mass is 16.5. The third-order valence-corrected chi connectivity index (χ3v) is 5.48. The Morgan fingerprint density at radius 1 is 0.967 bits per heavy atom. The van der Waals surface area contributed by atoms with Crippen molar-refractivity contribution in [1.82, 2.24) is 9.80 Å². The molecule has 6 nitrogen and oxygen atoms in total. The molecule has 160 valence electrons. The van der Waals surface area contributed by atoms with Gasteiger partial charge in [0.1, 0.15) is 5.75 Å². The molecule has 6 heteroatoms. The number of carbonyl (C=O) groups is 2. The van der Waals surface area contributed by atoms with Crippen LogP contribution in [0.3, 0.4) is 0 Å². The van der Waals surface area contributed by atoms with E-state index in [-0.39, 0.29) is 11.8 Å². The van der Waals surface area contributed by atoms with Crippen LogP contribution in [0.5, 0.6) is 5.75 Å². The van der Waals surface area contributed by atoms with Crippen molar-refractivity contribution in [3.05, 3.63) is 59.2 Å². The van der Waals surface area contributed by atoms with Gasteiger partial charge in [-0.05, 0) is 51.0 Å². The van der Waals surface area contributed by atoms with Crippen LogP contribution in [-0.4, -0.2) is 60.4 Å². The minimum absolute atomic E-state index is 0.0183. The minimum Gasteiger partial charge on any atom is -0.481 e. The fourth-order valence-corrected chi connectivity index (χ4v) is 3.65. The molecule has 1 N–H and O–H groups in total. The number of nitrogens with zero attached hydrogens (tertiary/aromatic N) is 2. The summed E-state index contributed by atoms with van der Waals surface area (Å²) in [7, 11) is 0. The number of ether oxygens (including phenoxy) is 1. The largest absolute Gasteiger partial charge is 0.481 e. The number of nitrogens with one attached hydrogen (secondary N) is 1. The predicted molar refractivity (Wildman–Crippen MR) is 119 cm³/mol.